The maximum atomic E-state index is 5.29. The van der Waals surface area contributed by atoms with E-state index >= 15 is 0 Å². The van der Waals surface area contributed by atoms with E-state index in [2.05, 4.69) is 19.1 Å². The van der Waals surface area contributed by atoms with Crippen LogP contribution in [0.5, 0.6) is 0 Å². The smallest absolute Gasteiger partial charge is 0.0289 e. The van der Waals surface area contributed by atoms with Gasteiger partial charge in [0.15, 0.2) is 0 Å². The molecule has 0 unspecified atom stereocenters. The molecule has 12 heavy (non-hydrogen) atoms. The number of hydrogen-bond donors (Lipinski definition) is 0. The van der Waals surface area contributed by atoms with Crippen molar-refractivity contribution in [3.63, 3.8) is 0 Å². The Labute approximate surface area is 77.5 Å². The molecule has 0 nitrogen and oxygen atoms in total. The standard InChI is InChI=1S/C11H17P/c1-4-7-10-12(9-6-3)11-8-5-2/h3-5H,1-2,7-11H2. The zero-order chi connectivity index (χ0) is 9.23. The minimum absolute atomic E-state index is 0.0489. The van der Waals surface area contributed by atoms with Crippen LogP contribution in [0.15, 0.2) is 25.3 Å². The van der Waals surface area contributed by atoms with Gasteiger partial charge in [-0.2, -0.15) is 0 Å². The Morgan fingerprint density at radius 2 is 1.67 bits per heavy atom. The average Bonchev–Trinajstić information content (AvgIpc) is 2.10. The van der Waals surface area contributed by atoms with E-state index in [9.17, 15) is 0 Å². The second-order valence-electron chi connectivity index (χ2n) is 2.63. The van der Waals surface area contributed by atoms with Gasteiger partial charge in [-0.3, -0.25) is 0 Å². The van der Waals surface area contributed by atoms with Gasteiger partial charge in [-0.25, -0.2) is 0 Å². The lowest BCUT2D eigenvalue weighted by Crippen LogP contribution is -1.92. The molecule has 0 heterocycles. The summed E-state index contributed by atoms with van der Waals surface area (Å²) in [5.41, 5.74) is 0. The fourth-order valence-corrected chi connectivity index (χ4v) is 2.84. The fraction of sp³-hybridized carbons (Fsp3) is 0.455. The zero-order valence-electron chi connectivity index (χ0n) is 7.63. The van der Waals surface area contributed by atoms with Gasteiger partial charge in [0.2, 0.25) is 0 Å². The van der Waals surface area contributed by atoms with Gasteiger partial charge in [0.05, 0.1) is 0 Å². The van der Waals surface area contributed by atoms with Gasteiger partial charge in [-0.1, -0.05) is 20.1 Å². The van der Waals surface area contributed by atoms with Crippen LogP contribution in [0.3, 0.4) is 0 Å². The normalized spacial score (nSPS) is 9.33. The number of allylic oxidation sites excluding steroid dienone is 2. The molecule has 0 atom stereocenters. The lowest BCUT2D eigenvalue weighted by molar-refractivity contribution is 1.18. The van der Waals surface area contributed by atoms with Crippen LogP contribution >= 0.6 is 7.92 Å². The summed E-state index contributed by atoms with van der Waals surface area (Å²) in [4.78, 5) is 0. The topological polar surface area (TPSA) is 0 Å². The molecule has 1 heteroatoms. The van der Waals surface area contributed by atoms with Gasteiger partial charge >= 0.3 is 0 Å². The van der Waals surface area contributed by atoms with E-state index in [0.29, 0.717) is 0 Å². The number of hydrogen-bond acceptors (Lipinski definition) is 0. The molecule has 0 aliphatic carbocycles. The summed E-state index contributed by atoms with van der Waals surface area (Å²) in [6, 6.07) is 0. The molecule has 0 spiro atoms. The van der Waals surface area contributed by atoms with Crippen molar-refractivity contribution in [2.45, 2.75) is 12.8 Å². The minimum atomic E-state index is 0.0489. The molecule has 0 saturated carbocycles. The molecule has 0 fully saturated rings. The Kier molecular flexibility index (Phi) is 8.19. The zero-order valence-corrected chi connectivity index (χ0v) is 8.52. The van der Waals surface area contributed by atoms with Crippen LogP contribution < -0.4 is 0 Å². The molecule has 0 N–H and O–H groups in total. The van der Waals surface area contributed by atoms with Crippen molar-refractivity contribution in [3.8, 4) is 12.3 Å². The van der Waals surface area contributed by atoms with Crippen molar-refractivity contribution in [1.29, 1.82) is 0 Å². The SMILES string of the molecule is C#CCP(CCC=C)CCC=C. The highest BCUT2D eigenvalue weighted by Gasteiger charge is 2.03. The molecule has 0 amide bonds. The van der Waals surface area contributed by atoms with Gasteiger partial charge in [-0.15, -0.1) is 25.5 Å². The monoisotopic (exact) mass is 180 g/mol. The Bertz CT molecular complexity index is 152. The fourth-order valence-electron chi connectivity index (χ4n) is 0.947. The molecule has 0 radical (unpaired) electrons. The van der Waals surface area contributed by atoms with Gasteiger partial charge in [0.25, 0.3) is 0 Å². The highest BCUT2D eigenvalue weighted by molar-refractivity contribution is 7.57. The van der Waals surface area contributed by atoms with Crippen LogP contribution in [0, 0.1) is 12.3 Å². The lowest BCUT2D eigenvalue weighted by atomic mass is 10.5. The summed E-state index contributed by atoms with van der Waals surface area (Å²) in [6.07, 6.45) is 14.9. The Hall–Kier alpha value is -0.530. The van der Waals surface area contributed by atoms with Crippen molar-refractivity contribution in [2.24, 2.45) is 0 Å². The molecule has 0 aromatic heterocycles. The summed E-state index contributed by atoms with van der Waals surface area (Å²) in [5.74, 6) is 2.75. The van der Waals surface area contributed by atoms with Crippen molar-refractivity contribution < 1.29 is 0 Å². The molecule has 0 rings (SSSR count). The largest absolute Gasteiger partial charge is 0.120 e. The van der Waals surface area contributed by atoms with Gasteiger partial charge in [-0.05, 0) is 25.2 Å². The first-order valence-electron chi connectivity index (χ1n) is 4.22. The third-order valence-corrected chi connectivity index (χ3v) is 4.02. The Morgan fingerprint density at radius 3 is 2.00 bits per heavy atom. The Balaban J connectivity index is 3.61. The first kappa shape index (κ1) is 11.5. The second kappa shape index (κ2) is 8.57. The molecule has 0 saturated heterocycles. The summed E-state index contributed by atoms with van der Waals surface area (Å²) in [7, 11) is 0.0489. The first-order chi connectivity index (χ1) is 5.85. The van der Waals surface area contributed by atoms with E-state index in [-0.39, 0.29) is 7.92 Å². The van der Waals surface area contributed by atoms with Crippen LogP contribution in [0.2, 0.25) is 0 Å². The van der Waals surface area contributed by atoms with E-state index < -0.39 is 0 Å². The molecular formula is C11H17P. The summed E-state index contributed by atoms with van der Waals surface area (Å²) < 4.78 is 0. The minimum Gasteiger partial charge on any atom is -0.120 e. The van der Waals surface area contributed by atoms with E-state index in [1.165, 1.54) is 12.3 Å². The highest BCUT2D eigenvalue weighted by Crippen LogP contribution is 2.36. The first-order valence-corrected chi connectivity index (χ1v) is 6.12. The highest BCUT2D eigenvalue weighted by atomic mass is 31.1. The summed E-state index contributed by atoms with van der Waals surface area (Å²) in [5, 5.41) is 0. The maximum absolute atomic E-state index is 5.29. The summed E-state index contributed by atoms with van der Waals surface area (Å²) in [6.45, 7) is 7.42. The van der Waals surface area contributed by atoms with E-state index in [0.717, 1.165) is 19.0 Å². The molecule has 0 aromatic carbocycles. The number of terminal acetylenes is 1. The van der Waals surface area contributed by atoms with Gasteiger partial charge < -0.3 is 0 Å². The van der Waals surface area contributed by atoms with Crippen molar-refractivity contribution >= 4 is 7.92 Å². The summed E-state index contributed by atoms with van der Waals surface area (Å²) >= 11 is 0. The van der Waals surface area contributed by atoms with E-state index in [4.69, 9.17) is 6.42 Å². The van der Waals surface area contributed by atoms with Gasteiger partial charge in [0.1, 0.15) is 0 Å². The number of rotatable bonds is 7. The third kappa shape index (κ3) is 6.20. The molecule has 0 bridgehead atoms. The van der Waals surface area contributed by atoms with Crippen LogP contribution in [-0.4, -0.2) is 18.5 Å². The molecule has 0 aliphatic heterocycles. The maximum Gasteiger partial charge on any atom is 0.0289 e. The second-order valence-corrected chi connectivity index (χ2v) is 5.19. The quantitative estimate of drug-likeness (QED) is 0.320. The molecule has 66 valence electrons. The van der Waals surface area contributed by atoms with Crippen LogP contribution in [-0.2, 0) is 0 Å². The van der Waals surface area contributed by atoms with E-state index in [1.54, 1.807) is 0 Å². The average molecular weight is 180 g/mol. The molecular weight excluding hydrogens is 163 g/mol. The third-order valence-electron chi connectivity index (χ3n) is 1.61. The Morgan fingerprint density at radius 1 is 1.17 bits per heavy atom. The molecule has 0 aromatic rings. The predicted octanol–water partition coefficient (Wildman–Crippen LogP) is 3.25. The van der Waals surface area contributed by atoms with E-state index in [1.807, 2.05) is 12.2 Å². The van der Waals surface area contributed by atoms with Crippen LogP contribution in [0.4, 0.5) is 0 Å². The van der Waals surface area contributed by atoms with Crippen LogP contribution in [0.1, 0.15) is 12.8 Å². The van der Waals surface area contributed by atoms with Crippen LogP contribution in [0.25, 0.3) is 0 Å². The van der Waals surface area contributed by atoms with Crippen molar-refractivity contribution in [3.05, 3.63) is 25.3 Å². The lowest BCUT2D eigenvalue weighted by Gasteiger charge is -2.11. The van der Waals surface area contributed by atoms with Crippen molar-refractivity contribution in [2.75, 3.05) is 18.5 Å². The van der Waals surface area contributed by atoms with Gasteiger partial charge in [0, 0.05) is 6.16 Å². The predicted molar refractivity (Wildman–Crippen MR) is 60.0 cm³/mol. The molecule has 0 aliphatic rings. The van der Waals surface area contributed by atoms with Crippen molar-refractivity contribution in [1.82, 2.24) is 0 Å².